The molecule has 0 fully saturated rings. The molecule has 1 heterocycles. The molecule has 1 atom stereocenters. The molecule has 0 aliphatic heterocycles. The number of nitrogens with one attached hydrogen (secondary N) is 1. The molecule has 0 unspecified atom stereocenters. The van der Waals surface area contributed by atoms with Crippen molar-refractivity contribution in [1.82, 2.24) is 5.32 Å². The van der Waals surface area contributed by atoms with Crippen molar-refractivity contribution in [2.75, 3.05) is 6.61 Å². The van der Waals surface area contributed by atoms with Crippen LogP contribution < -0.4 is 5.32 Å². The Hall–Kier alpha value is -0.900. The van der Waals surface area contributed by atoms with Gasteiger partial charge in [-0.05, 0) is 28.8 Å². The van der Waals surface area contributed by atoms with Gasteiger partial charge in [0.25, 0.3) is 0 Å². The molecule has 86 valence electrons. The molecular formula is C13H17NOS. The summed E-state index contributed by atoms with van der Waals surface area (Å²) in [5, 5.41) is 16.0. The Morgan fingerprint density at radius 3 is 2.94 bits per heavy atom. The molecule has 16 heavy (non-hydrogen) atoms. The maximum absolute atomic E-state index is 9.11. The minimum atomic E-state index is 0.207. The number of fused-ring (bicyclic) bond motifs is 1. The maximum Gasteiger partial charge on any atom is 0.0584 e. The van der Waals surface area contributed by atoms with Gasteiger partial charge in [0, 0.05) is 17.3 Å². The zero-order chi connectivity index (χ0) is 11.4. The summed E-state index contributed by atoms with van der Waals surface area (Å²) in [6.45, 7) is 3.13. The van der Waals surface area contributed by atoms with Crippen molar-refractivity contribution in [3.05, 3.63) is 35.2 Å². The highest BCUT2D eigenvalue weighted by Gasteiger charge is 2.06. The number of hydrogen-bond acceptors (Lipinski definition) is 3. The summed E-state index contributed by atoms with van der Waals surface area (Å²) in [5.41, 5.74) is 1.33. The van der Waals surface area contributed by atoms with Crippen LogP contribution in [0.5, 0.6) is 0 Å². The van der Waals surface area contributed by atoms with Gasteiger partial charge in [0.2, 0.25) is 0 Å². The van der Waals surface area contributed by atoms with E-state index in [1.54, 1.807) is 11.3 Å². The van der Waals surface area contributed by atoms with Gasteiger partial charge in [-0.1, -0.05) is 25.1 Å². The Morgan fingerprint density at radius 1 is 1.38 bits per heavy atom. The van der Waals surface area contributed by atoms with Crippen molar-refractivity contribution in [2.24, 2.45) is 0 Å². The fourth-order valence-corrected chi connectivity index (χ4v) is 2.72. The summed E-state index contributed by atoms with van der Waals surface area (Å²) < 4.78 is 1.33. The molecule has 0 amide bonds. The molecule has 1 aromatic heterocycles. The lowest BCUT2D eigenvalue weighted by Gasteiger charge is -2.13. The van der Waals surface area contributed by atoms with E-state index in [0.29, 0.717) is 0 Å². The van der Waals surface area contributed by atoms with Crippen molar-refractivity contribution in [2.45, 2.75) is 25.9 Å². The molecule has 0 aliphatic rings. The highest BCUT2D eigenvalue weighted by molar-refractivity contribution is 7.17. The molecule has 0 aliphatic carbocycles. The Morgan fingerprint density at radius 2 is 2.19 bits per heavy atom. The molecule has 2 N–H and O–H groups in total. The molecule has 2 nitrogen and oxygen atoms in total. The van der Waals surface area contributed by atoms with E-state index >= 15 is 0 Å². The maximum atomic E-state index is 9.11. The Balaban J connectivity index is 2.09. The van der Waals surface area contributed by atoms with Crippen LogP contribution in [0.25, 0.3) is 10.1 Å². The summed E-state index contributed by atoms with van der Waals surface area (Å²) in [6, 6.07) is 8.65. The van der Waals surface area contributed by atoms with Crippen molar-refractivity contribution >= 4 is 21.4 Å². The van der Waals surface area contributed by atoms with Gasteiger partial charge in [-0.2, -0.15) is 0 Å². The van der Waals surface area contributed by atoms with Crippen molar-refractivity contribution in [3.63, 3.8) is 0 Å². The molecule has 3 heteroatoms. The summed E-state index contributed by atoms with van der Waals surface area (Å²) in [7, 11) is 0. The first kappa shape index (κ1) is 11.6. The van der Waals surface area contributed by atoms with Crippen LogP contribution >= 0.6 is 11.3 Å². The third-order valence-corrected chi connectivity index (χ3v) is 3.87. The van der Waals surface area contributed by atoms with Gasteiger partial charge >= 0.3 is 0 Å². The molecule has 1 aromatic carbocycles. The number of aliphatic hydroxyl groups excluding tert-OH is 1. The average molecular weight is 235 g/mol. The van der Waals surface area contributed by atoms with Crippen LogP contribution in [0.1, 0.15) is 18.9 Å². The molecule has 2 rings (SSSR count). The monoisotopic (exact) mass is 235 g/mol. The largest absolute Gasteiger partial charge is 0.395 e. The lowest BCUT2D eigenvalue weighted by Crippen LogP contribution is -2.31. The summed E-state index contributed by atoms with van der Waals surface area (Å²) >= 11 is 1.78. The van der Waals surface area contributed by atoms with Crippen molar-refractivity contribution < 1.29 is 5.11 Å². The summed E-state index contributed by atoms with van der Waals surface area (Å²) in [6.07, 6.45) is 0.957. The fraction of sp³-hybridized carbons (Fsp3) is 0.385. The third kappa shape index (κ3) is 2.43. The van der Waals surface area contributed by atoms with E-state index in [2.05, 4.69) is 41.9 Å². The van der Waals surface area contributed by atoms with Gasteiger partial charge in [0.05, 0.1) is 6.61 Å². The predicted octanol–water partition coefficient (Wildman–Crippen LogP) is 2.76. The quantitative estimate of drug-likeness (QED) is 0.835. The van der Waals surface area contributed by atoms with Crippen LogP contribution in [-0.4, -0.2) is 17.8 Å². The lowest BCUT2D eigenvalue weighted by molar-refractivity contribution is 0.238. The normalized spacial score (nSPS) is 13.1. The second-order valence-electron chi connectivity index (χ2n) is 3.93. The van der Waals surface area contributed by atoms with E-state index in [0.717, 1.165) is 13.0 Å². The van der Waals surface area contributed by atoms with E-state index in [9.17, 15) is 0 Å². The summed E-state index contributed by atoms with van der Waals surface area (Å²) in [5.74, 6) is 0. The number of rotatable bonds is 5. The topological polar surface area (TPSA) is 32.3 Å². The van der Waals surface area contributed by atoms with Gasteiger partial charge in [-0.25, -0.2) is 0 Å². The van der Waals surface area contributed by atoms with Crippen LogP contribution in [0.15, 0.2) is 29.6 Å². The highest BCUT2D eigenvalue weighted by Crippen LogP contribution is 2.25. The van der Waals surface area contributed by atoms with E-state index in [1.807, 2.05) is 0 Å². The second kappa shape index (κ2) is 5.43. The molecule has 2 aromatic rings. The van der Waals surface area contributed by atoms with Gasteiger partial charge in [0.15, 0.2) is 0 Å². The highest BCUT2D eigenvalue weighted by atomic mass is 32.1. The van der Waals surface area contributed by atoms with Crippen LogP contribution in [0.3, 0.4) is 0 Å². The lowest BCUT2D eigenvalue weighted by atomic mass is 10.1. The van der Waals surface area contributed by atoms with Gasteiger partial charge in [0.1, 0.15) is 0 Å². The second-order valence-corrected chi connectivity index (χ2v) is 4.84. The predicted molar refractivity (Wildman–Crippen MR) is 69.8 cm³/mol. The molecule has 0 saturated heterocycles. The van der Waals surface area contributed by atoms with Crippen molar-refractivity contribution in [3.8, 4) is 0 Å². The van der Waals surface area contributed by atoms with Gasteiger partial charge in [-0.15, -0.1) is 11.3 Å². The third-order valence-electron chi connectivity index (χ3n) is 2.86. The SMILES string of the molecule is CC[C@H](CO)NCc1csc2ccccc12. The Bertz CT molecular complexity index is 448. The number of thiophene rings is 1. The van der Waals surface area contributed by atoms with E-state index in [4.69, 9.17) is 5.11 Å². The van der Waals surface area contributed by atoms with Crippen LogP contribution in [0.2, 0.25) is 0 Å². The zero-order valence-electron chi connectivity index (χ0n) is 9.44. The molecule has 0 spiro atoms. The number of aliphatic hydroxyl groups is 1. The zero-order valence-corrected chi connectivity index (χ0v) is 10.3. The Kier molecular flexibility index (Phi) is 3.93. The van der Waals surface area contributed by atoms with Crippen LogP contribution in [0, 0.1) is 0 Å². The van der Waals surface area contributed by atoms with Crippen molar-refractivity contribution in [1.29, 1.82) is 0 Å². The number of hydrogen-bond donors (Lipinski definition) is 2. The molecule has 0 saturated carbocycles. The smallest absolute Gasteiger partial charge is 0.0584 e. The molecular weight excluding hydrogens is 218 g/mol. The first-order chi connectivity index (χ1) is 7.85. The van der Waals surface area contributed by atoms with Crippen LogP contribution in [0.4, 0.5) is 0 Å². The molecule has 0 bridgehead atoms. The molecule has 0 radical (unpaired) electrons. The van der Waals surface area contributed by atoms with E-state index in [-0.39, 0.29) is 12.6 Å². The van der Waals surface area contributed by atoms with Crippen LogP contribution in [-0.2, 0) is 6.54 Å². The minimum absolute atomic E-state index is 0.207. The first-order valence-electron chi connectivity index (χ1n) is 5.64. The fourth-order valence-electron chi connectivity index (χ4n) is 1.76. The standard InChI is InChI=1S/C13H17NOS/c1-2-11(8-15)14-7-10-9-16-13-6-4-3-5-12(10)13/h3-6,9,11,14-15H,2,7-8H2,1H3/t11-/m1/s1. The van der Waals surface area contributed by atoms with E-state index in [1.165, 1.54) is 15.6 Å². The first-order valence-corrected chi connectivity index (χ1v) is 6.52. The Labute approximate surface area is 99.9 Å². The summed E-state index contributed by atoms with van der Waals surface area (Å²) in [4.78, 5) is 0. The van der Waals surface area contributed by atoms with Gasteiger partial charge in [-0.3, -0.25) is 0 Å². The average Bonchev–Trinajstić information content (AvgIpc) is 2.74. The van der Waals surface area contributed by atoms with Gasteiger partial charge < -0.3 is 10.4 Å². The van der Waals surface area contributed by atoms with E-state index < -0.39 is 0 Å². The number of benzene rings is 1. The minimum Gasteiger partial charge on any atom is -0.395 e.